The number of hydrogen-bond donors (Lipinski definition) is 5. The molecule has 10 nitrogen and oxygen atoms in total. The van der Waals surface area contributed by atoms with Crippen molar-refractivity contribution in [2.75, 3.05) is 17.3 Å². The number of thioether (sulfide) groups is 1. The van der Waals surface area contributed by atoms with Gasteiger partial charge in [-0.2, -0.15) is 36.3 Å². The molecule has 0 saturated carbocycles. The lowest BCUT2D eigenvalue weighted by molar-refractivity contribution is -0.138. The number of para-hydroxylation sites is 2. The van der Waals surface area contributed by atoms with Crippen LogP contribution in [0.5, 0.6) is 0 Å². The van der Waals surface area contributed by atoms with Crippen LogP contribution in [0.1, 0.15) is 16.7 Å². The zero-order valence-electron chi connectivity index (χ0n) is 24.3. The molecule has 244 valence electrons. The first kappa shape index (κ1) is 33.1. The number of rotatable bonds is 5. The Bertz CT molecular complexity index is 1940. The fourth-order valence-electron chi connectivity index (χ4n) is 4.45. The molecule has 8 N–H and O–H groups in total. The number of nitrogens with zero attached hydrogens (tertiary/aromatic N) is 5. The molecule has 2 aromatic heterocycles. The van der Waals surface area contributed by atoms with Crippen LogP contribution >= 0.6 is 11.8 Å². The van der Waals surface area contributed by atoms with E-state index in [-0.39, 0.29) is 17.6 Å². The Hall–Kier alpha value is -5.29. The van der Waals surface area contributed by atoms with E-state index in [2.05, 4.69) is 30.6 Å². The predicted octanol–water partition coefficient (Wildman–Crippen LogP) is 6.13. The second-order valence-electron chi connectivity index (χ2n) is 9.95. The predicted molar refractivity (Wildman–Crippen MR) is 169 cm³/mol. The maximum absolute atomic E-state index is 12.7. The Morgan fingerprint density at radius 1 is 0.830 bits per heavy atom. The first-order valence-corrected chi connectivity index (χ1v) is 14.8. The largest absolute Gasteiger partial charge is 0.416 e. The zero-order valence-corrected chi connectivity index (χ0v) is 25.1. The molecule has 1 unspecified atom stereocenters. The van der Waals surface area contributed by atoms with Gasteiger partial charge in [-0.15, -0.1) is 0 Å². The van der Waals surface area contributed by atoms with Crippen LogP contribution in [0.25, 0.3) is 16.9 Å². The number of nitrogens with two attached hydrogens (primary N) is 3. The number of anilines is 3. The number of alkyl halides is 6. The third-order valence-electron chi connectivity index (χ3n) is 6.66. The quantitative estimate of drug-likeness (QED) is 0.109. The Morgan fingerprint density at radius 2 is 1.45 bits per heavy atom. The molecule has 3 heterocycles. The smallest absolute Gasteiger partial charge is 0.384 e. The van der Waals surface area contributed by atoms with Crippen LogP contribution < -0.4 is 27.8 Å². The second-order valence-corrected chi connectivity index (χ2v) is 10.7. The van der Waals surface area contributed by atoms with Crippen molar-refractivity contribution < 1.29 is 26.3 Å². The number of imidazole rings is 1. The number of nitrogens with one attached hydrogen (secondary N) is 2. The second kappa shape index (κ2) is 12.8. The molecule has 0 spiro atoms. The fourth-order valence-corrected chi connectivity index (χ4v) is 5.01. The molecule has 3 aromatic carbocycles. The summed E-state index contributed by atoms with van der Waals surface area (Å²) in [7, 11) is 0. The lowest BCUT2D eigenvalue weighted by atomic mass is 10.1. The van der Waals surface area contributed by atoms with Gasteiger partial charge in [-0.3, -0.25) is 10.3 Å². The van der Waals surface area contributed by atoms with Crippen molar-refractivity contribution in [3.8, 4) is 5.82 Å². The molecule has 0 radical (unpaired) electrons. The number of aliphatic imine (C=N–C) groups is 1. The number of benzene rings is 3. The van der Waals surface area contributed by atoms with E-state index >= 15 is 0 Å². The van der Waals surface area contributed by atoms with Gasteiger partial charge in [0, 0.05) is 23.5 Å². The van der Waals surface area contributed by atoms with Crippen LogP contribution in [0.4, 0.5) is 43.8 Å². The number of aromatic nitrogens is 4. The highest BCUT2D eigenvalue weighted by molar-refractivity contribution is 7.98. The minimum absolute atomic E-state index is 0.171. The van der Waals surface area contributed by atoms with Crippen molar-refractivity contribution in [3.05, 3.63) is 108 Å². The molecule has 1 aliphatic rings. The van der Waals surface area contributed by atoms with Crippen molar-refractivity contribution in [2.45, 2.75) is 23.3 Å². The van der Waals surface area contributed by atoms with Crippen LogP contribution in [-0.4, -0.2) is 31.6 Å². The SMILES string of the molecule is CSc1nc2ccccc2n1-c1cc(N)nc(Nc2ccc(C(F)(F)F)cc2)n1.NC1=NC(N)(c2ccc(C(F)(F)F)cc2)NC=C1. The van der Waals surface area contributed by atoms with Crippen molar-refractivity contribution in [1.82, 2.24) is 24.8 Å². The molecule has 0 aliphatic carbocycles. The lowest BCUT2D eigenvalue weighted by Gasteiger charge is -2.28. The first-order valence-electron chi connectivity index (χ1n) is 13.5. The zero-order chi connectivity index (χ0) is 34.0. The normalized spacial score (nSPS) is 16.2. The molecule has 17 heteroatoms. The average molecular weight is 673 g/mol. The van der Waals surface area contributed by atoms with Crippen LogP contribution in [0.15, 0.2) is 101 Å². The third kappa shape index (κ3) is 7.58. The third-order valence-corrected chi connectivity index (χ3v) is 7.30. The van der Waals surface area contributed by atoms with Crippen molar-refractivity contribution in [1.29, 1.82) is 0 Å². The van der Waals surface area contributed by atoms with E-state index in [4.69, 9.17) is 17.2 Å². The van der Waals surface area contributed by atoms with Gasteiger partial charge in [0.05, 0.1) is 22.2 Å². The highest BCUT2D eigenvalue weighted by Crippen LogP contribution is 2.32. The molecule has 47 heavy (non-hydrogen) atoms. The van der Waals surface area contributed by atoms with Crippen molar-refractivity contribution >= 4 is 46.1 Å². The summed E-state index contributed by atoms with van der Waals surface area (Å²) in [5.41, 5.74) is 18.4. The molecule has 0 fully saturated rings. The Kier molecular flexibility index (Phi) is 9.04. The van der Waals surface area contributed by atoms with E-state index in [9.17, 15) is 26.3 Å². The van der Waals surface area contributed by atoms with Gasteiger partial charge in [0.2, 0.25) is 11.7 Å². The van der Waals surface area contributed by atoms with E-state index in [1.165, 1.54) is 48.3 Å². The highest BCUT2D eigenvalue weighted by Gasteiger charge is 2.33. The number of nitrogen functional groups attached to an aromatic ring is 1. The minimum atomic E-state index is -4.39. The monoisotopic (exact) mass is 672 g/mol. The summed E-state index contributed by atoms with van der Waals surface area (Å²) in [5, 5.41) is 6.38. The summed E-state index contributed by atoms with van der Waals surface area (Å²) >= 11 is 1.46. The van der Waals surface area contributed by atoms with Gasteiger partial charge >= 0.3 is 12.4 Å². The van der Waals surface area contributed by atoms with Gasteiger partial charge in [0.25, 0.3) is 0 Å². The number of amidine groups is 1. The van der Waals surface area contributed by atoms with Crippen LogP contribution in [-0.2, 0) is 18.1 Å². The summed E-state index contributed by atoms with van der Waals surface area (Å²) in [4.78, 5) is 17.2. The first-order chi connectivity index (χ1) is 22.2. The van der Waals surface area contributed by atoms with E-state index in [1.807, 2.05) is 35.1 Å². The summed E-state index contributed by atoms with van der Waals surface area (Å²) in [6, 6.07) is 18.3. The standard InChI is InChI=1S/C19H15F3N6S.C11H11F3N4/c1-29-18-25-13-4-2-3-5-14(13)28(18)16-10-15(23)26-17(27-16)24-12-8-6-11(7-9-12)19(20,21)22;12-10(13,14)7-1-3-8(4-2-7)11(16)17-6-5-9(15)18-11/h2-10H,1H3,(H3,23,24,26,27);1-6,17H,16H2,(H2,15,18). The molecule has 0 bridgehead atoms. The topological polar surface area (TPSA) is 158 Å². The van der Waals surface area contributed by atoms with E-state index in [1.54, 1.807) is 6.07 Å². The van der Waals surface area contributed by atoms with Gasteiger partial charge in [0.1, 0.15) is 17.5 Å². The molecular formula is C30H26F6N10S. The number of hydrogen-bond acceptors (Lipinski definition) is 10. The fraction of sp³-hybridized carbons (Fsp3) is 0.133. The maximum Gasteiger partial charge on any atom is 0.416 e. The van der Waals surface area contributed by atoms with Gasteiger partial charge in [0.15, 0.2) is 5.16 Å². The summed E-state index contributed by atoms with van der Waals surface area (Å²) in [6.07, 6.45) is -3.85. The molecule has 0 amide bonds. The highest BCUT2D eigenvalue weighted by atomic mass is 32.2. The molecule has 0 saturated heterocycles. The Morgan fingerprint density at radius 3 is 2.04 bits per heavy atom. The summed E-state index contributed by atoms with van der Waals surface area (Å²) in [5.74, 6) is -0.233. The number of fused-ring (bicyclic) bond motifs is 1. The summed E-state index contributed by atoms with van der Waals surface area (Å²) in [6.45, 7) is 0. The molecule has 5 aromatic rings. The summed E-state index contributed by atoms with van der Waals surface area (Å²) < 4.78 is 77.3. The van der Waals surface area contributed by atoms with Crippen molar-refractivity contribution in [3.63, 3.8) is 0 Å². The van der Waals surface area contributed by atoms with Crippen LogP contribution in [0.3, 0.4) is 0 Å². The van der Waals surface area contributed by atoms with Gasteiger partial charge < -0.3 is 22.1 Å². The maximum atomic E-state index is 12.7. The van der Waals surface area contributed by atoms with Gasteiger partial charge in [-0.1, -0.05) is 36.0 Å². The molecule has 1 aliphatic heterocycles. The van der Waals surface area contributed by atoms with Crippen LogP contribution in [0.2, 0.25) is 0 Å². The average Bonchev–Trinajstić information content (AvgIpc) is 3.39. The van der Waals surface area contributed by atoms with Crippen molar-refractivity contribution in [2.24, 2.45) is 16.5 Å². The van der Waals surface area contributed by atoms with Crippen LogP contribution in [0, 0.1) is 0 Å². The van der Waals surface area contributed by atoms with E-state index in [0.717, 1.165) is 40.5 Å². The molecule has 6 rings (SSSR count). The molecule has 1 atom stereocenters. The van der Waals surface area contributed by atoms with E-state index < -0.39 is 29.3 Å². The Labute approximate surface area is 267 Å². The minimum Gasteiger partial charge on any atom is -0.384 e. The lowest BCUT2D eigenvalue weighted by Crippen LogP contribution is -2.49. The van der Waals surface area contributed by atoms with Gasteiger partial charge in [-0.05, 0) is 60.9 Å². The molecular weight excluding hydrogens is 646 g/mol. The number of halogens is 6. The Balaban J connectivity index is 0.000000207. The van der Waals surface area contributed by atoms with Gasteiger partial charge in [-0.25, -0.2) is 9.98 Å². The van der Waals surface area contributed by atoms with E-state index in [0.29, 0.717) is 17.1 Å².